The van der Waals surface area contributed by atoms with Gasteiger partial charge in [-0.2, -0.15) is 5.10 Å². The molecule has 1 aliphatic heterocycles. The van der Waals surface area contributed by atoms with Gasteiger partial charge in [0.25, 0.3) is 0 Å². The highest BCUT2D eigenvalue weighted by Gasteiger charge is 2.32. The summed E-state index contributed by atoms with van der Waals surface area (Å²) in [5, 5.41) is 19.7. The van der Waals surface area contributed by atoms with Crippen molar-refractivity contribution in [1.29, 1.82) is 0 Å². The minimum atomic E-state index is -0.505. The van der Waals surface area contributed by atoms with Gasteiger partial charge in [0.05, 0.1) is 34.4 Å². The summed E-state index contributed by atoms with van der Waals surface area (Å²) >= 11 is 12.1. The Balaban J connectivity index is 1.53. The summed E-state index contributed by atoms with van der Waals surface area (Å²) in [7, 11) is 0. The van der Waals surface area contributed by atoms with Gasteiger partial charge >= 0.3 is 11.7 Å². The van der Waals surface area contributed by atoms with E-state index in [1.54, 1.807) is 36.1 Å². The third kappa shape index (κ3) is 4.90. The van der Waals surface area contributed by atoms with Crippen molar-refractivity contribution in [2.24, 2.45) is 5.92 Å². The third-order valence-corrected chi connectivity index (χ3v) is 6.18. The Morgan fingerprint density at radius 2 is 1.94 bits per heavy atom. The highest BCUT2D eigenvalue weighted by atomic mass is 35.5. The molecule has 0 radical (unpaired) electrons. The molecule has 13 heteroatoms. The van der Waals surface area contributed by atoms with Crippen molar-refractivity contribution >= 4 is 52.2 Å². The molecule has 0 atom stereocenters. The van der Waals surface area contributed by atoms with Crippen LogP contribution in [0, 0.1) is 16.0 Å². The quantitative estimate of drug-likeness (QED) is 0.282. The highest BCUT2D eigenvalue weighted by molar-refractivity contribution is 6.41. The van der Waals surface area contributed by atoms with Crippen LogP contribution in [-0.2, 0) is 9.53 Å². The molecule has 11 nitrogen and oxygen atoms in total. The SMILES string of the molecule is CCOC(=O)C1CCN(c2ncnc(Nc3ccc(-n4ncc(Cl)c4Cl)cc3)c2[N+](=O)[O-])CC1. The number of ether oxygens (including phenoxy) is 1. The number of rotatable bonds is 7. The van der Waals surface area contributed by atoms with E-state index in [1.165, 1.54) is 17.2 Å². The Labute approximate surface area is 204 Å². The second kappa shape index (κ2) is 10.2. The molecule has 0 saturated carbocycles. The van der Waals surface area contributed by atoms with E-state index >= 15 is 0 Å². The number of anilines is 3. The van der Waals surface area contributed by atoms with Gasteiger partial charge in [0.15, 0.2) is 5.15 Å². The van der Waals surface area contributed by atoms with Gasteiger partial charge in [0, 0.05) is 18.8 Å². The van der Waals surface area contributed by atoms with Crippen molar-refractivity contribution in [3.8, 4) is 5.69 Å². The predicted octanol–water partition coefficient (Wildman–Crippen LogP) is 4.40. The zero-order valence-electron chi connectivity index (χ0n) is 18.1. The Morgan fingerprint density at radius 3 is 2.53 bits per heavy atom. The van der Waals surface area contributed by atoms with Gasteiger partial charge in [-0.3, -0.25) is 14.9 Å². The first-order valence-corrected chi connectivity index (χ1v) is 11.3. The molecule has 0 spiro atoms. The fourth-order valence-electron chi connectivity index (χ4n) is 3.76. The predicted molar refractivity (Wildman–Crippen MR) is 127 cm³/mol. The Bertz CT molecular complexity index is 1190. The van der Waals surface area contributed by atoms with Crippen molar-refractivity contribution in [3.05, 3.63) is 57.1 Å². The molecule has 1 fully saturated rings. The summed E-state index contributed by atoms with van der Waals surface area (Å²) in [6, 6.07) is 6.92. The molecule has 34 heavy (non-hydrogen) atoms. The molecule has 3 heterocycles. The molecule has 0 amide bonds. The topological polar surface area (TPSA) is 128 Å². The number of nitrogens with zero attached hydrogens (tertiary/aromatic N) is 6. The van der Waals surface area contributed by atoms with E-state index < -0.39 is 4.92 Å². The first-order chi connectivity index (χ1) is 16.4. The zero-order valence-corrected chi connectivity index (χ0v) is 19.7. The van der Waals surface area contributed by atoms with Gasteiger partial charge < -0.3 is 15.0 Å². The summed E-state index contributed by atoms with van der Waals surface area (Å²) < 4.78 is 6.56. The third-order valence-electron chi connectivity index (χ3n) is 5.44. The van der Waals surface area contributed by atoms with Crippen LogP contribution < -0.4 is 10.2 Å². The average molecular weight is 506 g/mol. The first-order valence-electron chi connectivity index (χ1n) is 10.6. The molecule has 0 unspecified atom stereocenters. The van der Waals surface area contributed by atoms with E-state index in [0.717, 1.165) is 0 Å². The molecule has 178 valence electrons. The Kier molecular flexibility index (Phi) is 7.13. The van der Waals surface area contributed by atoms with Gasteiger partial charge in [0.2, 0.25) is 11.6 Å². The van der Waals surface area contributed by atoms with Crippen molar-refractivity contribution in [2.45, 2.75) is 19.8 Å². The van der Waals surface area contributed by atoms with E-state index in [1.807, 2.05) is 0 Å². The average Bonchev–Trinajstić information content (AvgIpc) is 3.17. The van der Waals surface area contributed by atoms with Crippen LogP contribution in [0.2, 0.25) is 10.2 Å². The minimum Gasteiger partial charge on any atom is -0.466 e. The maximum Gasteiger partial charge on any atom is 0.353 e. The maximum atomic E-state index is 12.0. The summed E-state index contributed by atoms with van der Waals surface area (Å²) in [6.07, 6.45) is 3.79. The van der Waals surface area contributed by atoms with Gasteiger partial charge in [-0.15, -0.1) is 0 Å². The number of aromatic nitrogens is 4. The number of nitro groups is 1. The Morgan fingerprint density at radius 1 is 1.24 bits per heavy atom. The maximum absolute atomic E-state index is 12.0. The van der Waals surface area contributed by atoms with Crippen LogP contribution in [0.15, 0.2) is 36.8 Å². The number of esters is 1. The molecule has 2 aromatic heterocycles. The van der Waals surface area contributed by atoms with E-state index in [-0.39, 0.29) is 34.4 Å². The lowest BCUT2D eigenvalue weighted by molar-refractivity contribution is -0.383. The van der Waals surface area contributed by atoms with Crippen LogP contribution in [0.3, 0.4) is 0 Å². The van der Waals surface area contributed by atoms with Crippen LogP contribution in [0.1, 0.15) is 19.8 Å². The summed E-state index contributed by atoms with van der Waals surface area (Å²) in [4.78, 5) is 33.5. The van der Waals surface area contributed by atoms with Crippen LogP contribution in [0.25, 0.3) is 5.69 Å². The van der Waals surface area contributed by atoms with Gasteiger partial charge in [-0.25, -0.2) is 14.6 Å². The minimum absolute atomic E-state index is 0.0652. The monoisotopic (exact) mass is 505 g/mol. The fourth-order valence-corrected chi connectivity index (χ4v) is 4.08. The lowest BCUT2D eigenvalue weighted by Crippen LogP contribution is -2.37. The molecule has 1 aromatic carbocycles. The second-order valence-electron chi connectivity index (χ2n) is 7.53. The van der Waals surface area contributed by atoms with Crippen molar-refractivity contribution in [2.75, 3.05) is 29.9 Å². The number of carbonyl (C=O) groups excluding carboxylic acids is 1. The molecular weight excluding hydrogens is 485 g/mol. The lowest BCUT2D eigenvalue weighted by atomic mass is 9.97. The molecular formula is C21H21Cl2N7O4. The van der Waals surface area contributed by atoms with E-state index in [2.05, 4.69) is 20.4 Å². The van der Waals surface area contributed by atoms with Crippen molar-refractivity contribution in [3.63, 3.8) is 0 Å². The van der Waals surface area contributed by atoms with E-state index in [0.29, 0.717) is 48.9 Å². The molecule has 0 aliphatic carbocycles. The number of hydrogen-bond donors (Lipinski definition) is 1. The lowest BCUT2D eigenvalue weighted by Gasteiger charge is -2.31. The van der Waals surface area contributed by atoms with Crippen LogP contribution in [-0.4, -0.2) is 50.3 Å². The van der Waals surface area contributed by atoms with Gasteiger partial charge in [-0.1, -0.05) is 23.2 Å². The van der Waals surface area contributed by atoms with Gasteiger partial charge in [-0.05, 0) is 44.0 Å². The van der Waals surface area contributed by atoms with Crippen molar-refractivity contribution < 1.29 is 14.5 Å². The molecule has 3 aromatic rings. The van der Waals surface area contributed by atoms with E-state index in [9.17, 15) is 14.9 Å². The standard InChI is InChI=1S/C21H21Cl2N7O4/c1-2-34-21(31)13-7-9-28(10-8-13)20-17(30(32)33)19(24-12-25-20)27-14-3-5-15(6-4-14)29-18(23)16(22)11-26-29/h3-6,11-13H,2,7-10H2,1H3,(H,24,25,27). The smallest absolute Gasteiger partial charge is 0.353 e. The second-order valence-corrected chi connectivity index (χ2v) is 8.30. The molecule has 1 aliphatic rings. The molecule has 1 N–H and O–H groups in total. The Hall–Kier alpha value is -3.44. The highest BCUT2D eigenvalue weighted by Crippen LogP contribution is 2.36. The largest absolute Gasteiger partial charge is 0.466 e. The number of piperidine rings is 1. The van der Waals surface area contributed by atoms with Gasteiger partial charge in [0.1, 0.15) is 6.33 Å². The van der Waals surface area contributed by atoms with Crippen LogP contribution in [0.5, 0.6) is 0 Å². The molecule has 4 rings (SSSR count). The molecule has 1 saturated heterocycles. The number of hydrogen-bond acceptors (Lipinski definition) is 9. The fraction of sp³-hybridized carbons (Fsp3) is 0.333. The number of carbonyl (C=O) groups is 1. The summed E-state index contributed by atoms with van der Waals surface area (Å²) in [6.45, 7) is 2.99. The summed E-state index contributed by atoms with van der Waals surface area (Å²) in [5.41, 5.74) is 1.01. The van der Waals surface area contributed by atoms with Crippen LogP contribution >= 0.6 is 23.2 Å². The molecule has 0 bridgehead atoms. The van der Waals surface area contributed by atoms with E-state index in [4.69, 9.17) is 27.9 Å². The summed E-state index contributed by atoms with van der Waals surface area (Å²) in [5.74, 6) is -0.176. The number of halogens is 2. The number of nitrogens with one attached hydrogen (secondary N) is 1. The first kappa shape index (κ1) is 23.7. The zero-order chi connectivity index (χ0) is 24.2. The normalized spacial score (nSPS) is 14.1. The van der Waals surface area contributed by atoms with Crippen LogP contribution in [0.4, 0.5) is 23.0 Å². The number of benzene rings is 1. The van der Waals surface area contributed by atoms with Crippen molar-refractivity contribution in [1.82, 2.24) is 19.7 Å².